The lowest BCUT2D eigenvalue weighted by atomic mass is 10.2. The predicted octanol–water partition coefficient (Wildman–Crippen LogP) is 2.17. The second kappa shape index (κ2) is 5.54. The molecule has 0 N–H and O–H groups in total. The number of esters is 1. The van der Waals surface area contributed by atoms with Crippen LogP contribution in [0.1, 0.15) is 10.4 Å². The summed E-state index contributed by atoms with van der Waals surface area (Å²) in [6.07, 6.45) is 1.87. The summed E-state index contributed by atoms with van der Waals surface area (Å²) in [7, 11) is 1.53. The van der Waals surface area contributed by atoms with Crippen LogP contribution in [0.25, 0.3) is 0 Å². The number of para-hydroxylation sites is 1. The van der Waals surface area contributed by atoms with Crippen molar-refractivity contribution in [3.05, 3.63) is 29.8 Å². The van der Waals surface area contributed by atoms with Gasteiger partial charge in [-0.15, -0.1) is 11.8 Å². The van der Waals surface area contributed by atoms with Crippen LogP contribution in [0.5, 0.6) is 5.75 Å². The molecule has 1 aromatic carbocycles. The lowest BCUT2D eigenvalue weighted by molar-refractivity contribution is 0.0576. The average Bonchev–Trinajstić information content (AvgIpc) is 2.25. The van der Waals surface area contributed by atoms with Crippen molar-refractivity contribution < 1.29 is 14.3 Å². The number of carbonyl (C=O) groups excluding carboxylic acids is 1. The first-order valence-corrected chi connectivity index (χ1v) is 5.48. The van der Waals surface area contributed by atoms with E-state index in [-0.39, 0.29) is 5.97 Å². The number of methoxy groups -OCH3 is 1. The average molecular weight is 212 g/mol. The fourth-order valence-corrected chi connectivity index (χ4v) is 1.23. The summed E-state index contributed by atoms with van der Waals surface area (Å²) in [5, 5.41) is 0. The number of carbonyl (C=O) groups is 1. The first-order chi connectivity index (χ1) is 6.79. The Kier molecular flexibility index (Phi) is 4.32. The molecule has 0 radical (unpaired) electrons. The van der Waals surface area contributed by atoms with E-state index in [9.17, 15) is 4.79 Å². The molecule has 0 fully saturated rings. The second-order valence-corrected chi connectivity index (χ2v) is 3.35. The van der Waals surface area contributed by atoms with Crippen molar-refractivity contribution in [2.24, 2.45) is 0 Å². The minimum Gasteiger partial charge on any atom is -0.496 e. The van der Waals surface area contributed by atoms with Gasteiger partial charge in [0.15, 0.2) is 0 Å². The predicted molar refractivity (Wildman–Crippen MR) is 56.8 cm³/mol. The van der Waals surface area contributed by atoms with Crippen molar-refractivity contribution in [1.82, 2.24) is 0 Å². The van der Waals surface area contributed by atoms with E-state index in [0.717, 1.165) is 0 Å². The van der Waals surface area contributed by atoms with Gasteiger partial charge in [-0.1, -0.05) is 12.1 Å². The Hall–Kier alpha value is -1.16. The number of thioether (sulfide) groups is 1. The van der Waals surface area contributed by atoms with Crippen LogP contribution in [0.3, 0.4) is 0 Å². The number of ether oxygens (including phenoxy) is 2. The molecule has 0 unspecified atom stereocenters. The molecule has 3 nitrogen and oxygen atoms in total. The smallest absolute Gasteiger partial charge is 0.342 e. The topological polar surface area (TPSA) is 35.5 Å². The van der Waals surface area contributed by atoms with Crippen LogP contribution < -0.4 is 4.74 Å². The van der Waals surface area contributed by atoms with Crippen LogP contribution in [0, 0.1) is 0 Å². The highest BCUT2D eigenvalue weighted by atomic mass is 32.2. The van der Waals surface area contributed by atoms with E-state index in [1.54, 1.807) is 18.2 Å². The Balaban J connectivity index is 2.78. The molecular formula is C10H12O3S. The van der Waals surface area contributed by atoms with Gasteiger partial charge in [0.2, 0.25) is 0 Å². The minimum absolute atomic E-state index is 0.350. The van der Waals surface area contributed by atoms with Gasteiger partial charge in [-0.05, 0) is 18.4 Å². The van der Waals surface area contributed by atoms with E-state index < -0.39 is 0 Å². The molecule has 0 saturated heterocycles. The van der Waals surface area contributed by atoms with E-state index in [1.807, 2.05) is 12.3 Å². The van der Waals surface area contributed by atoms with Crippen LogP contribution in [0.15, 0.2) is 24.3 Å². The molecule has 0 atom stereocenters. The zero-order chi connectivity index (χ0) is 10.4. The Morgan fingerprint density at radius 3 is 2.79 bits per heavy atom. The Labute approximate surface area is 87.4 Å². The van der Waals surface area contributed by atoms with Crippen LogP contribution in [0.4, 0.5) is 0 Å². The summed E-state index contributed by atoms with van der Waals surface area (Å²) in [6.45, 7) is 0. The van der Waals surface area contributed by atoms with Crippen molar-refractivity contribution in [2.75, 3.05) is 19.3 Å². The van der Waals surface area contributed by atoms with E-state index in [4.69, 9.17) is 9.47 Å². The second-order valence-electron chi connectivity index (χ2n) is 2.54. The summed E-state index contributed by atoms with van der Waals surface area (Å²) in [4.78, 5) is 11.5. The molecule has 0 aromatic heterocycles. The van der Waals surface area contributed by atoms with Crippen LogP contribution >= 0.6 is 11.8 Å². The summed E-state index contributed by atoms with van der Waals surface area (Å²) in [6, 6.07) is 7.00. The molecule has 0 aliphatic heterocycles. The quantitative estimate of drug-likeness (QED) is 0.566. The van der Waals surface area contributed by atoms with Crippen molar-refractivity contribution in [3.63, 3.8) is 0 Å². The number of rotatable bonds is 4. The number of benzene rings is 1. The van der Waals surface area contributed by atoms with Gasteiger partial charge in [0, 0.05) is 0 Å². The van der Waals surface area contributed by atoms with Crippen LogP contribution in [-0.2, 0) is 4.74 Å². The van der Waals surface area contributed by atoms with Crippen molar-refractivity contribution in [3.8, 4) is 5.75 Å². The molecule has 0 heterocycles. The Morgan fingerprint density at radius 2 is 2.14 bits per heavy atom. The Morgan fingerprint density at radius 1 is 1.43 bits per heavy atom. The first-order valence-electron chi connectivity index (χ1n) is 4.08. The molecular weight excluding hydrogens is 200 g/mol. The van der Waals surface area contributed by atoms with Gasteiger partial charge in [0.1, 0.15) is 17.3 Å². The zero-order valence-corrected chi connectivity index (χ0v) is 8.97. The third kappa shape index (κ3) is 2.67. The summed E-state index contributed by atoms with van der Waals surface area (Å²) < 4.78 is 10.0. The monoisotopic (exact) mass is 212 g/mol. The van der Waals surface area contributed by atoms with Gasteiger partial charge in [-0.3, -0.25) is 0 Å². The van der Waals surface area contributed by atoms with Crippen LogP contribution in [-0.4, -0.2) is 25.3 Å². The molecule has 1 aromatic rings. The van der Waals surface area contributed by atoms with Gasteiger partial charge in [0.25, 0.3) is 0 Å². The largest absolute Gasteiger partial charge is 0.496 e. The minimum atomic E-state index is -0.350. The molecule has 14 heavy (non-hydrogen) atoms. The van der Waals surface area contributed by atoms with Crippen molar-refractivity contribution in [1.29, 1.82) is 0 Å². The maximum absolute atomic E-state index is 11.5. The first kappa shape index (κ1) is 10.9. The molecule has 0 spiro atoms. The maximum Gasteiger partial charge on any atom is 0.342 e. The molecule has 4 heteroatoms. The van der Waals surface area contributed by atoms with Gasteiger partial charge in [0.05, 0.1) is 7.11 Å². The van der Waals surface area contributed by atoms with Gasteiger partial charge in [-0.2, -0.15) is 0 Å². The molecule has 0 aliphatic carbocycles. The summed E-state index contributed by atoms with van der Waals surface area (Å²) in [5.74, 6) is 0.548. The molecule has 0 amide bonds. The van der Waals surface area contributed by atoms with Gasteiger partial charge in [-0.25, -0.2) is 4.79 Å². The van der Waals surface area contributed by atoms with Crippen molar-refractivity contribution in [2.45, 2.75) is 0 Å². The molecule has 0 aliphatic rings. The lowest BCUT2D eigenvalue weighted by Gasteiger charge is -2.06. The fraction of sp³-hybridized carbons (Fsp3) is 0.300. The van der Waals surface area contributed by atoms with E-state index in [2.05, 4.69) is 0 Å². The standard InChI is InChI=1S/C10H12O3S/c1-12-9-6-4-3-5-8(9)10(11)13-7-14-2/h3-6H,7H2,1-2H3. The van der Waals surface area contributed by atoms with E-state index >= 15 is 0 Å². The third-order valence-electron chi connectivity index (χ3n) is 1.63. The normalized spacial score (nSPS) is 9.57. The third-order valence-corrected chi connectivity index (χ3v) is 1.99. The van der Waals surface area contributed by atoms with E-state index in [1.165, 1.54) is 18.9 Å². The van der Waals surface area contributed by atoms with Crippen LogP contribution in [0.2, 0.25) is 0 Å². The van der Waals surface area contributed by atoms with Gasteiger partial charge >= 0.3 is 5.97 Å². The SMILES string of the molecule is COc1ccccc1C(=O)OCSC. The highest BCUT2D eigenvalue weighted by molar-refractivity contribution is 7.98. The fourth-order valence-electron chi connectivity index (χ4n) is 1.00. The molecule has 0 saturated carbocycles. The van der Waals surface area contributed by atoms with Gasteiger partial charge < -0.3 is 9.47 Å². The molecule has 1 rings (SSSR count). The lowest BCUT2D eigenvalue weighted by Crippen LogP contribution is -2.06. The summed E-state index contributed by atoms with van der Waals surface area (Å²) in [5.41, 5.74) is 0.462. The number of hydrogen-bond donors (Lipinski definition) is 0. The van der Waals surface area contributed by atoms with E-state index in [0.29, 0.717) is 17.3 Å². The maximum atomic E-state index is 11.5. The highest BCUT2D eigenvalue weighted by Gasteiger charge is 2.11. The molecule has 0 bridgehead atoms. The number of hydrogen-bond acceptors (Lipinski definition) is 4. The summed E-state index contributed by atoms with van der Waals surface area (Å²) >= 11 is 1.45. The molecule has 76 valence electrons. The zero-order valence-electron chi connectivity index (χ0n) is 8.15. The Bertz CT molecular complexity index is 312. The van der Waals surface area contributed by atoms with Crippen molar-refractivity contribution >= 4 is 17.7 Å². The highest BCUT2D eigenvalue weighted by Crippen LogP contribution is 2.18.